The summed E-state index contributed by atoms with van der Waals surface area (Å²) < 4.78 is 7.59. The van der Waals surface area contributed by atoms with Crippen LogP contribution >= 0.6 is 0 Å². The van der Waals surface area contributed by atoms with E-state index in [1.807, 2.05) is 41.9 Å². The van der Waals surface area contributed by atoms with Gasteiger partial charge in [0.25, 0.3) is 5.91 Å². The second kappa shape index (κ2) is 8.87. The first kappa shape index (κ1) is 20.9. The smallest absolute Gasteiger partial charge is 0.270 e. The van der Waals surface area contributed by atoms with Gasteiger partial charge in [0.2, 0.25) is 0 Å². The highest BCUT2D eigenvalue weighted by atomic mass is 16.5. The van der Waals surface area contributed by atoms with Crippen molar-refractivity contribution in [1.82, 2.24) is 14.4 Å². The summed E-state index contributed by atoms with van der Waals surface area (Å²) in [5, 5.41) is 1.12. The van der Waals surface area contributed by atoms with Crippen LogP contribution in [-0.2, 0) is 7.05 Å². The number of aryl methyl sites for hydroxylation is 1. The summed E-state index contributed by atoms with van der Waals surface area (Å²) in [4.78, 5) is 20.4. The molecular weight excluding hydrogens is 400 g/mol. The number of carbonyl (C=O) groups is 1. The van der Waals surface area contributed by atoms with Crippen LogP contribution in [0, 0.1) is 0 Å². The molecule has 6 nitrogen and oxygen atoms in total. The Hall–Kier alpha value is -2.99. The van der Waals surface area contributed by atoms with E-state index in [-0.39, 0.29) is 5.91 Å². The Morgan fingerprint density at radius 1 is 0.969 bits per heavy atom. The number of rotatable bonds is 4. The van der Waals surface area contributed by atoms with Gasteiger partial charge in [0, 0.05) is 63.3 Å². The Morgan fingerprint density at radius 2 is 1.72 bits per heavy atom. The number of methoxy groups -OCH3 is 1. The summed E-state index contributed by atoms with van der Waals surface area (Å²) in [6, 6.07) is 18.9. The molecule has 168 valence electrons. The quantitative estimate of drug-likeness (QED) is 0.632. The van der Waals surface area contributed by atoms with Gasteiger partial charge in [0.1, 0.15) is 11.4 Å². The topological polar surface area (TPSA) is 41.0 Å². The van der Waals surface area contributed by atoms with E-state index in [0.717, 1.165) is 74.5 Å². The van der Waals surface area contributed by atoms with Gasteiger partial charge in [-0.25, -0.2) is 0 Å². The zero-order valence-corrected chi connectivity index (χ0v) is 19.0. The van der Waals surface area contributed by atoms with Crippen LogP contribution in [0.4, 0.5) is 5.69 Å². The third-order valence-corrected chi connectivity index (χ3v) is 7.11. The van der Waals surface area contributed by atoms with Crippen LogP contribution in [-0.4, -0.2) is 72.7 Å². The SMILES string of the molecule is COc1ccccc1N1CCN([C@H]2CCCN(C(=O)c3cc4ccccc4n3C)C2)CC1. The van der Waals surface area contributed by atoms with Gasteiger partial charge in [-0.2, -0.15) is 0 Å². The number of hydrogen-bond acceptors (Lipinski definition) is 4. The lowest BCUT2D eigenvalue weighted by Crippen LogP contribution is -2.56. The molecule has 2 aliphatic rings. The zero-order chi connectivity index (χ0) is 22.1. The van der Waals surface area contributed by atoms with E-state index in [1.165, 1.54) is 5.69 Å². The summed E-state index contributed by atoms with van der Waals surface area (Å²) in [5.41, 5.74) is 3.07. The summed E-state index contributed by atoms with van der Waals surface area (Å²) in [6.07, 6.45) is 2.22. The predicted octanol–water partition coefficient (Wildman–Crippen LogP) is 3.61. The van der Waals surface area contributed by atoms with Gasteiger partial charge in [-0.05, 0) is 37.1 Å². The van der Waals surface area contributed by atoms with Crippen molar-refractivity contribution >= 4 is 22.5 Å². The molecule has 2 aromatic carbocycles. The second-order valence-corrected chi connectivity index (χ2v) is 8.89. The number of hydrogen-bond donors (Lipinski definition) is 0. The first-order valence-corrected chi connectivity index (χ1v) is 11.6. The van der Waals surface area contributed by atoms with Crippen LogP contribution in [0.1, 0.15) is 23.3 Å². The Labute approximate surface area is 190 Å². The van der Waals surface area contributed by atoms with Crippen molar-refractivity contribution in [3.63, 3.8) is 0 Å². The maximum absolute atomic E-state index is 13.4. The molecule has 2 aliphatic heterocycles. The molecule has 0 radical (unpaired) electrons. The molecule has 0 N–H and O–H groups in total. The number of carbonyl (C=O) groups excluding carboxylic acids is 1. The fourth-order valence-electron chi connectivity index (χ4n) is 5.31. The van der Waals surface area contributed by atoms with Crippen molar-refractivity contribution in [2.75, 3.05) is 51.3 Å². The molecule has 3 aromatic rings. The molecule has 3 heterocycles. The van der Waals surface area contributed by atoms with Crippen molar-refractivity contribution in [3.8, 4) is 5.75 Å². The summed E-state index contributed by atoms with van der Waals surface area (Å²) in [5.74, 6) is 1.09. The number of aromatic nitrogens is 1. The molecule has 5 rings (SSSR count). The molecule has 0 bridgehead atoms. The molecule has 0 aliphatic carbocycles. The Kier molecular flexibility index (Phi) is 5.79. The minimum Gasteiger partial charge on any atom is -0.495 e. The van der Waals surface area contributed by atoms with E-state index in [9.17, 15) is 4.79 Å². The van der Waals surface area contributed by atoms with Crippen LogP contribution in [0.25, 0.3) is 10.9 Å². The summed E-state index contributed by atoms with van der Waals surface area (Å²) in [6.45, 7) is 5.65. The molecule has 1 amide bonds. The highest BCUT2D eigenvalue weighted by Crippen LogP contribution is 2.29. The van der Waals surface area contributed by atoms with Gasteiger partial charge < -0.3 is 19.1 Å². The average molecular weight is 433 g/mol. The van der Waals surface area contributed by atoms with Gasteiger partial charge in [-0.15, -0.1) is 0 Å². The van der Waals surface area contributed by atoms with Gasteiger partial charge in [0.05, 0.1) is 12.8 Å². The van der Waals surface area contributed by atoms with Crippen LogP contribution in [0.5, 0.6) is 5.75 Å². The van der Waals surface area contributed by atoms with Crippen molar-refractivity contribution < 1.29 is 9.53 Å². The second-order valence-electron chi connectivity index (χ2n) is 8.89. The molecule has 1 atom stereocenters. The number of anilines is 1. The van der Waals surface area contributed by atoms with E-state index in [2.05, 4.69) is 39.0 Å². The Balaban J connectivity index is 1.24. The van der Waals surface area contributed by atoms with Crippen molar-refractivity contribution in [1.29, 1.82) is 0 Å². The molecule has 32 heavy (non-hydrogen) atoms. The normalized spacial score (nSPS) is 20.0. The van der Waals surface area contributed by atoms with Gasteiger partial charge >= 0.3 is 0 Å². The number of likely N-dealkylation sites (tertiary alicyclic amines) is 1. The number of benzene rings is 2. The van der Waals surface area contributed by atoms with E-state index >= 15 is 0 Å². The summed E-state index contributed by atoms with van der Waals surface area (Å²) in [7, 11) is 3.73. The molecule has 1 aromatic heterocycles. The Bertz CT molecular complexity index is 1100. The van der Waals surface area contributed by atoms with Crippen LogP contribution < -0.4 is 9.64 Å². The molecular formula is C26H32N4O2. The van der Waals surface area contributed by atoms with Crippen LogP contribution in [0.2, 0.25) is 0 Å². The fraction of sp³-hybridized carbons (Fsp3) is 0.423. The number of piperazine rings is 1. The number of amides is 1. The minimum absolute atomic E-state index is 0.154. The van der Waals surface area contributed by atoms with Crippen molar-refractivity contribution in [2.45, 2.75) is 18.9 Å². The molecule has 0 saturated carbocycles. The molecule has 6 heteroatoms. The highest BCUT2D eigenvalue weighted by Gasteiger charge is 2.31. The van der Waals surface area contributed by atoms with Crippen molar-refractivity contribution in [3.05, 3.63) is 60.3 Å². The van der Waals surface area contributed by atoms with Crippen LogP contribution in [0.3, 0.4) is 0 Å². The molecule has 0 spiro atoms. The van der Waals surface area contributed by atoms with Gasteiger partial charge in [-0.1, -0.05) is 30.3 Å². The minimum atomic E-state index is 0.154. The highest BCUT2D eigenvalue weighted by molar-refractivity contribution is 5.98. The molecule has 0 unspecified atom stereocenters. The van der Waals surface area contributed by atoms with Gasteiger partial charge in [0.15, 0.2) is 0 Å². The van der Waals surface area contributed by atoms with E-state index in [1.54, 1.807) is 7.11 Å². The first-order chi connectivity index (χ1) is 15.7. The van der Waals surface area contributed by atoms with Gasteiger partial charge in [-0.3, -0.25) is 9.69 Å². The summed E-state index contributed by atoms with van der Waals surface area (Å²) >= 11 is 0. The van der Waals surface area contributed by atoms with E-state index in [4.69, 9.17) is 4.74 Å². The third-order valence-electron chi connectivity index (χ3n) is 7.11. The lowest BCUT2D eigenvalue weighted by molar-refractivity contribution is 0.0555. The maximum Gasteiger partial charge on any atom is 0.270 e. The maximum atomic E-state index is 13.4. The van der Waals surface area contributed by atoms with Crippen molar-refractivity contribution in [2.24, 2.45) is 7.05 Å². The number of piperidine rings is 1. The lowest BCUT2D eigenvalue weighted by atomic mass is 10.0. The average Bonchev–Trinajstić information content (AvgIpc) is 3.20. The standard InChI is InChI=1S/C26H32N4O2/c1-27-22-10-4-3-8-20(22)18-24(27)26(31)30-13-7-9-21(19-30)28-14-16-29(17-15-28)23-11-5-6-12-25(23)32-2/h3-6,8,10-12,18,21H,7,9,13-17,19H2,1-2H3/t21-/m0/s1. The third kappa shape index (κ3) is 3.84. The zero-order valence-electron chi connectivity index (χ0n) is 19.0. The lowest BCUT2D eigenvalue weighted by Gasteiger charge is -2.44. The van der Waals surface area contributed by atoms with Crippen LogP contribution in [0.15, 0.2) is 54.6 Å². The molecule has 2 saturated heterocycles. The number of fused-ring (bicyclic) bond motifs is 1. The molecule has 2 fully saturated rings. The van der Waals surface area contributed by atoms with E-state index < -0.39 is 0 Å². The first-order valence-electron chi connectivity index (χ1n) is 11.6. The largest absolute Gasteiger partial charge is 0.495 e. The number of para-hydroxylation sites is 3. The Morgan fingerprint density at radius 3 is 2.50 bits per heavy atom. The number of nitrogens with zero attached hydrogens (tertiary/aromatic N) is 4. The monoisotopic (exact) mass is 432 g/mol. The fourth-order valence-corrected chi connectivity index (χ4v) is 5.31. The van der Waals surface area contributed by atoms with E-state index in [0.29, 0.717) is 6.04 Å². The number of ether oxygens (including phenoxy) is 1. The predicted molar refractivity (Wildman–Crippen MR) is 129 cm³/mol.